The van der Waals surface area contributed by atoms with Crippen LogP contribution in [0, 0.1) is 9.49 Å². The molecule has 0 fully saturated rings. The highest BCUT2D eigenvalue weighted by molar-refractivity contribution is 14.1. The standard InChI is InChI=1S/C10H13Cl2IN2/c1-5(2)4-7-8(13)9(12)15-10(14-7)6(3)11/h5-6H,4H2,1-3H3. The van der Waals surface area contributed by atoms with Crippen molar-refractivity contribution in [1.82, 2.24) is 9.97 Å². The summed E-state index contributed by atoms with van der Waals surface area (Å²) in [4.78, 5) is 8.59. The van der Waals surface area contributed by atoms with E-state index in [1.54, 1.807) is 0 Å². The highest BCUT2D eigenvalue weighted by atomic mass is 127. The zero-order chi connectivity index (χ0) is 11.6. The lowest BCUT2D eigenvalue weighted by Gasteiger charge is -2.10. The summed E-state index contributed by atoms with van der Waals surface area (Å²) in [7, 11) is 0. The van der Waals surface area contributed by atoms with Crippen LogP contribution in [0.15, 0.2) is 0 Å². The molecule has 0 aliphatic heterocycles. The van der Waals surface area contributed by atoms with Crippen LogP contribution >= 0.6 is 45.8 Å². The Bertz CT molecular complexity index is 354. The molecule has 0 aliphatic rings. The second kappa shape index (κ2) is 5.64. The van der Waals surface area contributed by atoms with Gasteiger partial charge in [-0.05, 0) is 41.9 Å². The fourth-order valence-electron chi connectivity index (χ4n) is 1.18. The molecule has 1 rings (SSSR count). The number of nitrogens with zero attached hydrogens (tertiary/aromatic N) is 2. The topological polar surface area (TPSA) is 25.8 Å². The molecule has 84 valence electrons. The fourth-order valence-corrected chi connectivity index (χ4v) is 1.94. The van der Waals surface area contributed by atoms with Gasteiger partial charge in [0, 0.05) is 0 Å². The summed E-state index contributed by atoms with van der Waals surface area (Å²) >= 11 is 14.2. The SMILES string of the molecule is CC(C)Cc1nc(C(C)Cl)nc(Cl)c1I. The van der Waals surface area contributed by atoms with Gasteiger partial charge >= 0.3 is 0 Å². The van der Waals surface area contributed by atoms with Gasteiger partial charge in [-0.3, -0.25) is 0 Å². The number of aromatic nitrogens is 2. The summed E-state index contributed by atoms with van der Waals surface area (Å²) in [5, 5.41) is 0.300. The van der Waals surface area contributed by atoms with Crippen molar-refractivity contribution in [3.8, 4) is 0 Å². The van der Waals surface area contributed by atoms with Gasteiger partial charge in [0.05, 0.1) is 14.6 Å². The van der Waals surface area contributed by atoms with Gasteiger partial charge in [-0.2, -0.15) is 0 Å². The first-order chi connectivity index (χ1) is 6.91. The summed E-state index contributed by atoms with van der Waals surface area (Å²) in [5.74, 6) is 1.15. The number of rotatable bonds is 3. The van der Waals surface area contributed by atoms with E-state index >= 15 is 0 Å². The Morgan fingerprint density at radius 3 is 2.33 bits per heavy atom. The van der Waals surface area contributed by atoms with Gasteiger partial charge in [-0.15, -0.1) is 11.6 Å². The van der Waals surface area contributed by atoms with Gasteiger partial charge in [0.25, 0.3) is 0 Å². The summed E-state index contributed by atoms with van der Waals surface area (Å²) in [6, 6.07) is 0. The van der Waals surface area contributed by atoms with Crippen molar-refractivity contribution in [3.63, 3.8) is 0 Å². The van der Waals surface area contributed by atoms with E-state index in [0.717, 1.165) is 15.7 Å². The van der Waals surface area contributed by atoms with Crippen LogP contribution < -0.4 is 0 Å². The lowest BCUT2D eigenvalue weighted by Crippen LogP contribution is -2.07. The maximum Gasteiger partial charge on any atom is 0.147 e. The maximum absolute atomic E-state index is 6.03. The van der Waals surface area contributed by atoms with E-state index < -0.39 is 0 Å². The Labute approximate surface area is 114 Å². The lowest BCUT2D eigenvalue weighted by molar-refractivity contribution is 0.627. The average Bonchev–Trinajstić information content (AvgIpc) is 2.11. The van der Waals surface area contributed by atoms with E-state index in [2.05, 4.69) is 46.4 Å². The molecule has 1 heterocycles. The molecule has 2 nitrogen and oxygen atoms in total. The van der Waals surface area contributed by atoms with Gasteiger partial charge in [0.1, 0.15) is 11.0 Å². The predicted molar refractivity (Wildman–Crippen MR) is 72.6 cm³/mol. The third kappa shape index (κ3) is 3.71. The third-order valence-corrected chi connectivity index (χ3v) is 3.78. The van der Waals surface area contributed by atoms with Crippen LogP contribution in [-0.4, -0.2) is 9.97 Å². The second-order valence-electron chi connectivity index (χ2n) is 3.85. The molecule has 1 unspecified atom stereocenters. The van der Waals surface area contributed by atoms with Crippen molar-refractivity contribution >= 4 is 45.8 Å². The van der Waals surface area contributed by atoms with Crippen LogP contribution in [0.25, 0.3) is 0 Å². The highest BCUT2D eigenvalue weighted by Gasteiger charge is 2.14. The molecule has 0 amide bonds. The fraction of sp³-hybridized carbons (Fsp3) is 0.600. The van der Waals surface area contributed by atoms with Crippen LogP contribution in [0.5, 0.6) is 0 Å². The Morgan fingerprint density at radius 1 is 1.27 bits per heavy atom. The minimum atomic E-state index is -0.203. The van der Waals surface area contributed by atoms with Crippen molar-refractivity contribution in [3.05, 3.63) is 20.2 Å². The molecule has 0 aliphatic carbocycles. The first-order valence-electron chi connectivity index (χ1n) is 4.77. The molecular weight excluding hydrogens is 346 g/mol. The summed E-state index contributed by atoms with van der Waals surface area (Å²) in [5.41, 5.74) is 0.994. The van der Waals surface area contributed by atoms with E-state index in [1.165, 1.54) is 0 Å². The molecule has 0 radical (unpaired) electrons. The van der Waals surface area contributed by atoms with Crippen LogP contribution in [0.3, 0.4) is 0 Å². The smallest absolute Gasteiger partial charge is 0.147 e. The molecule has 0 saturated carbocycles. The third-order valence-electron chi connectivity index (χ3n) is 1.85. The first kappa shape index (κ1) is 13.5. The molecule has 0 aromatic carbocycles. The van der Waals surface area contributed by atoms with Crippen molar-refractivity contribution < 1.29 is 0 Å². The van der Waals surface area contributed by atoms with Gasteiger partial charge in [-0.25, -0.2) is 9.97 Å². The van der Waals surface area contributed by atoms with Crippen molar-refractivity contribution in [2.24, 2.45) is 5.92 Å². The number of hydrogen-bond donors (Lipinski definition) is 0. The summed E-state index contributed by atoms with van der Waals surface area (Å²) in [6.07, 6.45) is 0.900. The molecule has 0 saturated heterocycles. The Kier molecular flexibility index (Phi) is 5.06. The van der Waals surface area contributed by atoms with Crippen LogP contribution in [0.2, 0.25) is 5.15 Å². The maximum atomic E-state index is 6.03. The van der Waals surface area contributed by atoms with Crippen molar-refractivity contribution in [2.45, 2.75) is 32.6 Å². The van der Waals surface area contributed by atoms with Gasteiger partial charge < -0.3 is 0 Å². The Morgan fingerprint density at radius 2 is 1.87 bits per heavy atom. The zero-order valence-electron chi connectivity index (χ0n) is 8.89. The average molecular weight is 359 g/mol. The molecule has 5 heteroatoms. The first-order valence-corrected chi connectivity index (χ1v) is 6.67. The van der Waals surface area contributed by atoms with E-state index in [9.17, 15) is 0 Å². The quantitative estimate of drug-likeness (QED) is 0.459. The minimum absolute atomic E-state index is 0.203. The number of halogens is 3. The van der Waals surface area contributed by atoms with Crippen molar-refractivity contribution in [1.29, 1.82) is 0 Å². The Balaban J connectivity index is 3.13. The normalized spacial score (nSPS) is 13.3. The molecule has 1 aromatic rings. The van der Waals surface area contributed by atoms with Crippen LogP contribution in [0.1, 0.15) is 37.7 Å². The lowest BCUT2D eigenvalue weighted by atomic mass is 10.1. The zero-order valence-corrected chi connectivity index (χ0v) is 12.6. The molecular formula is C10H13Cl2IN2. The van der Waals surface area contributed by atoms with E-state index in [-0.39, 0.29) is 5.38 Å². The largest absolute Gasteiger partial charge is 0.235 e. The van der Waals surface area contributed by atoms with Gasteiger partial charge in [0.15, 0.2) is 0 Å². The Hall–Kier alpha value is 0.390. The molecule has 0 spiro atoms. The molecule has 0 N–H and O–H groups in total. The molecule has 15 heavy (non-hydrogen) atoms. The van der Waals surface area contributed by atoms with Crippen molar-refractivity contribution in [2.75, 3.05) is 0 Å². The van der Waals surface area contributed by atoms with E-state index in [1.807, 2.05) is 6.92 Å². The molecule has 0 bridgehead atoms. The van der Waals surface area contributed by atoms with Gasteiger partial charge in [-0.1, -0.05) is 25.4 Å². The second-order valence-corrected chi connectivity index (χ2v) is 5.94. The number of hydrogen-bond acceptors (Lipinski definition) is 2. The highest BCUT2D eigenvalue weighted by Crippen LogP contribution is 2.25. The monoisotopic (exact) mass is 358 g/mol. The van der Waals surface area contributed by atoms with Crippen LogP contribution in [-0.2, 0) is 6.42 Å². The molecule has 1 aromatic heterocycles. The minimum Gasteiger partial charge on any atom is -0.235 e. The summed E-state index contributed by atoms with van der Waals surface area (Å²) < 4.78 is 0.934. The van der Waals surface area contributed by atoms with E-state index in [0.29, 0.717) is 16.9 Å². The molecule has 1 atom stereocenters. The van der Waals surface area contributed by atoms with Crippen LogP contribution in [0.4, 0.5) is 0 Å². The van der Waals surface area contributed by atoms with Gasteiger partial charge in [0.2, 0.25) is 0 Å². The summed E-state index contributed by atoms with van der Waals surface area (Å²) in [6.45, 7) is 6.14. The van der Waals surface area contributed by atoms with E-state index in [4.69, 9.17) is 23.2 Å². The predicted octanol–water partition coefficient (Wildman–Crippen LogP) is 4.23. The number of alkyl halides is 1.